The molecule has 156 valence electrons. The number of ether oxygens (including phenoxy) is 2. The van der Waals surface area contributed by atoms with Crippen molar-refractivity contribution < 1.29 is 18.7 Å². The summed E-state index contributed by atoms with van der Waals surface area (Å²) in [4.78, 5) is 26.6. The number of carbonyl (C=O) groups excluding carboxylic acids is 1. The minimum Gasteiger partial charge on any atom is -0.477 e. The van der Waals surface area contributed by atoms with Gasteiger partial charge in [-0.05, 0) is 12.8 Å². The van der Waals surface area contributed by atoms with Gasteiger partial charge in [-0.15, -0.1) is 10.2 Å². The topological polar surface area (TPSA) is 107 Å². The predicted octanol–water partition coefficient (Wildman–Crippen LogP) is 1.91. The molecule has 29 heavy (non-hydrogen) atoms. The lowest BCUT2D eigenvalue weighted by atomic mass is 10.2. The van der Waals surface area contributed by atoms with Gasteiger partial charge in [-0.25, -0.2) is 0 Å². The van der Waals surface area contributed by atoms with E-state index in [9.17, 15) is 9.59 Å². The van der Waals surface area contributed by atoms with Crippen LogP contribution in [0, 0.1) is 0 Å². The van der Waals surface area contributed by atoms with Crippen molar-refractivity contribution in [1.29, 1.82) is 0 Å². The van der Waals surface area contributed by atoms with Gasteiger partial charge in [0.15, 0.2) is 6.61 Å². The highest BCUT2D eigenvalue weighted by atomic mass is 32.2. The third kappa shape index (κ3) is 5.56. The first-order valence-electron chi connectivity index (χ1n) is 9.47. The second-order valence-corrected chi connectivity index (χ2v) is 8.98. The van der Waals surface area contributed by atoms with Crippen molar-refractivity contribution in [2.45, 2.75) is 25.5 Å². The molecule has 2 saturated heterocycles. The fourth-order valence-corrected chi connectivity index (χ4v) is 4.91. The molecule has 2 fully saturated rings. The molecule has 2 aliphatic rings. The Labute approximate surface area is 175 Å². The van der Waals surface area contributed by atoms with Crippen LogP contribution in [0.15, 0.2) is 21.5 Å². The Morgan fingerprint density at radius 1 is 1.34 bits per heavy atom. The average Bonchev–Trinajstić information content (AvgIpc) is 3.40. The minimum atomic E-state index is -0.422. The van der Waals surface area contributed by atoms with E-state index >= 15 is 0 Å². The van der Waals surface area contributed by atoms with Gasteiger partial charge in [0.25, 0.3) is 5.91 Å². The molecule has 0 spiro atoms. The van der Waals surface area contributed by atoms with E-state index in [-0.39, 0.29) is 23.9 Å². The number of nitrogens with zero attached hydrogens (tertiary/aromatic N) is 3. The predicted molar refractivity (Wildman–Crippen MR) is 110 cm³/mol. The molecule has 0 aromatic carbocycles. The van der Waals surface area contributed by atoms with Crippen LogP contribution >= 0.6 is 23.1 Å². The summed E-state index contributed by atoms with van der Waals surface area (Å²) >= 11 is 3.21. The molecule has 1 N–H and O–H groups in total. The van der Waals surface area contributed by atoms with Crippen molar-refractivity contribution in [2.75, 3.05) is 43.1 Å². The first-order chi connectivity index (χ1) is 14.2. The molecule has 2 aromatic heterocycles. The van der Waals surface area contributed by atoms with Crippen molar-refractivity contribution in [3.63, 3.8) is 0 Å². The van der Waals surface area contributed by atoms with E-state index in [0.29, 0.717) is 17.4 Å². The van der Waals surface area contributed by atoms with Crippen LogP contribution in [0.4, 0.5) is 5.13 Å². The zero-order chi connectivity index (χ0) is 20.1. The Morgan fingerprint density at radius 3 is 2.97 bits per heavy atom. The van der Waals surface area contributed by atoms with Crippen LogP contribution in [0.5, 0.6) is 5.75 Å². The summed E-state index contributed by atoms with van der Waals surface area (Å²) in [5.74, 6) is 2.35. The van der Waals surface area contributed by atoms with Gasteiger partial charge in [0.1, 0.15) is 23.1 Å². The van der Waals surface area contributed by atoms with Crippen LogP contribution in [0.25, 0.3) is 0 Å². The molecule has 4 rings (SSSR count). The summed E-state index contributed by atoms with van der Waals surface area (Å²) in [5, 5.41) is 11.8. The lowest BCUT2D eigenvalue weighted by Crippen LogP contribution is -2.32. The molecule has 0 bridgehead atoms. The lowest BCUT2D eigenvalue weighted by Gasteiger charge is -2.25. The number of amides is 1. The Balaban J connectivity index is 1.27. The van der Waals surface area contributed by atoms with Gasteiger partial charge in [0, 0.05) is 37.3 Å². The maximum absolute atomic E-state index is 12.2. The Bertz CT molecular complexity index is 890. The van der Waals surface area contributed by atoms with E-state index in [2.05, 4.69) is 20.4 Å². The lowest BCUT2D eigenvalue weighted by molar-refractivity contribution is -0.118. The Kier molecular flexibility index (Phi) is 6.80. The van der Waals surface area contributed by atoms with Gasteiger partial charge in [0.05, 0.1) is 6.54 Å². The van der Waals surface area contributed by atoms with Crippen molar-refractivity contribution in [3.8, 4) is 5.75 Å². The van der Waals surface area contributed by atoms with Crippen molar-refractivity contribution in [1.82, 2.24) is 15.1 Å². The largest absolute Gasteiger partial charge is 0.477 e. The molecule has 4 heterocycles. The minimum absolute atomic E-state index is 0.00964. The van der Waals surface area contributed by atoms with Crippen LogP contribution in [0.1, 0.15) is 29.7 Å². The van der Waals surface area contributed by atoms with E-state index in [1.807, 2.05) is 11.8 Å². The molecule has 11 heteroatoms. The van der Waals surface area contributed by atoms with Gasteiger partial charge in [-0.3, -0.25) is 19.8 Å². The Morgan fingerprint density at radius 2 is 2.21 bits per heavy atom. The number of aromatic nitrogens is 2. The summed E-state index contributed by atoms with van der Waals surface area (Å²) in [6.45, 7) is 2.96. The van der Waals surface area contributed by atoms with E-state index < -0.39 is 5.91 Å². The second kappa shape index (κ2) is 9.70. The van der Waals surface area contributed by atoms with Crippen molar-refractivity contribution in [2.24, 2.45) is 0 Å². The first-order valence-corrected chi connectivity index (χ1v) is 11.4. The summed E-state index contributed by atoms with van der Waals surface area (Å²) in [7, 11) is 0. The number of hydrogen-bond acceptors (Lipinski definition) is 10. The molecule has 0 aliphatic carbocycles. The number of nitrogens with one attached hydrogen (secondary N) is 1. The summed E-state index contributed by atoms with van der Waals surface area (Å²) < 4.78 is 16.4. The van der Waals surface area contributed by atoms with E-state index in [1.165, 1.54) is 23.7 Å². The standard InChI is InChI=1S/C18H22N4O5S2/c23-13-8-12(9-22-3-6-28-7-4-22)26-10-15(13)27-11-16(24)19-18-21-20-17(29-18)14-2-1-5-25-14/h8,10,14H,1-7,9,11H2,(H,19,21,24)/t14-/m0/s1. The number of thioether (sulfide) groups is 1. The zero-order valence-electron chi connectivity index (χ0n) is 15.8. The van der Waals surface area contributed by atoms with Gasteiger partial charge in [-0.1, -0.05) is 11.3 Å². The molecular weight excluding hydrogens is 416 g/mol. The molecule has 0 unspecified atom stereocenters. The molecule has 2 aliphatic heterocycles. The van der Waals surface area contributed by atoms with Gasteiger partial charge in [0.2, 0.25) is 16.3 Å². The number of carbonyl (C=O) groups is 1. The second-order valence-electron chi connectivity index (χ2n) is 6.75. The van der Waals surface area contributed by atoms with Crippen LogP contribution < -0.4 is 15.5 Å². The van der Waals surface area contributed by atoms with Crippen molar-refractivity contribution in [3.05, 3.63) is 33.3 Å². The highest BCUT2D eigenvalue weighted by Gasteiger charge is 2.22. The fraction of sp³-hybridized carbons (Fsp3) is 0.556. The van der Waals surface area contributed by atoms with E-state index in [4.69, 9.17) is 13.9 Å². The average molecular weight is 439 g/mol. The summed E-state index contributed by atoms with van der Waals surface area (Å²) in [6.07, 6.45) is 3.14. The fourth-order valence-electron chi connectivity index (χ4n) is 3.09. The van der Waals surface area contributed by atoms with Crippen LogP contribution in [0.2, 0.25) is 0 Å². The monoisotopic (exact) mass is 438 g/mol. The molecular formula is C18H22N4O5S2. The van der Waals surface area contributed by atoms with E-state index in [0.717, 1.165) is 49.1 Å². The molecule has 9 nitrogen and oxygen atoms in total. The number of anilines is 1. The summed E-state index contributed by atoms with van der Waals surface area (Å²) in [5.41, 5.74) is -0.304. The normalized spacial score (nSPS) is 19.9. The van der Waals surface area contributed by atoms with E-state index in [1.54, 1.807) is 0 Å². The van der Waals surface area contributed by atoms with Crippen molar-refractivity contribution >= 4 is 34.1 Å². The van der Waals surface area contributed by atoms with Crippen LogP contribution in [-0.2, 0) is 16.1 Å². The van der Waals surface area contributed by atoms with Gasteiger partial charge >= 0.3 is 0 Å². The molecule has 2 aromatic rings. The molecule has 0 saturated carbocycles. The first kappa shape index (κ1) is 20.3. The van der Waals surface area contributed by atoms with Crippen LogP contribution in [0.3, 0.4) is 0 Å². The number of hydrogen-bond donors (Lipinski definition) is 1. The smallest absolute Gasteiger partial charge is 0.264 e. The van der Waals surface area contributed by atoms with Gasteiger partial charge < -0.3 is 13.9 Å². The Hall–Kier alpha value is -1.95. The summed E-state index contributed by atoms with van der Waals surface area (Å²) in [6, 6.07) is 1.42. The molecule has 0 radical (unpaired) electrons. The SMILES string of the molecule is O=C(COc1coc(CN2CCSCC2)cc1=O)Nc1nnc([C@@H]2CCCO2)s1. The van der Waals surface area contributed by atoms with Crippen LogP contribution in [-0.4, -0.2) is 58.8 Å². The molecule has 1 atom stereocenters. The number of rotatable bonds is 7. The molecule has 1 amide bonds. The highest BCUT2D eigenvalue weighted by molar-refractivity contribution is 7.99. The third-order valence-electron chi connectivity index (χ3n) is 4.59. The zero-order valence-corrected chi connectivity index (χ0v) is 17.4. The maximum Gasteiger partial charge on any atom is 0.264 e. The quantitative estimate of drug-likeness (QED) is 0.693. The highest BCUT2D eigenvalue weighted by Crippen LogP contribution is 2.31. The third-order valence-corrected chi connectivity index (χ3v) is 6.46. The maximum atomic E-state index is 12.2. The van der Waals surface area contributed by atoms with Gasteiger partial charge in [-0.2, -0.15) is 11.8 Å².